The molecular weight excluding hydrogens is 991 g/mol. The topological polar surface area (TPSA) is 295 Å². The molecule has 7 amide bonds. The van der Waals surface area contributed by atoms with E-state index in [2.05, 4.69) is 43.8 Å². The van der Waals surface area contributed by atoms with Crippen LogP contribution in [0.1, 0.15) is 149 Å². The van der Waals surface area contributed by atoms with Crippen LogP contribution in [0.4, 0.5) is 4.79 Å². The van der Waals surface area contributed by atoms with Gasteiger partial charge in [-0.3, -0.25) is 38.4 Å². The van der Waals surface area contributed by atoms with E-state index in [-0.39, 0.29) is 122 Å². The zero-order chi connectivity index (χ0) is 54.7. The third-order valence-corrected chi connectivity index (χ3v) is 14.3. The van der Waals surface area contributed by atoms with Gasteiger partial charge < -0.3 is 61.3 Å². The van der Waals surface area contributed by atoms with E-state index in [9.17, 15) is 48.3 Å². The van der Waals surface area contributed by atoms with E-state index >= 15 is 0 Å². The number of ether oxygens (including phenoxy) is 4. The van der Waals surface area contributed by atoms with Crippen LogP contribution in [0.15, 0.2) is 24.0 Å². The number of allylic oxidation sites excluding steroid dienone is 2. The van der Waals surface area contributed by atoms with Crippen LogP contribution in [0.3, 0.4) is 0 Å². The number of ketones is 2. The SMILES string of the molecule is C=CCOC(=O)CCCCCNC(=O)CCC(=O)NC(CCCCNC(=O)CCCCC(O)=C1C(=O)CC(C)(C)CC1=O)C(=O)NCCCOCCOCCOCCCNC(=O)CCCC[C@@H]1SC[C@@H]2NC(=O)N[C@@H]21. The second-order valence-corrected chi connectivity index (χ2v) is 21.3. The van der Waals surface area contributed by atoms with Crippen molar-refractivity contribution in [2.75, 3.05) is 78.2 Å². The highest BCUT2D eigenvalue weighted by Crippen LogP contribution is 2.35. The molecule has 0 aromatic carbocycles. The monoisotopic (exact) mass is 1080 g/mol. The van der Waals surface area contributed by atoms with Crippen LogP contribution in [0.25, 0.3) is 0 Å². The zero-order valence-corrected chi connectivity index (χ0v) is 45.4. The van der Waals surface area contributed by atoms with E-state index < -0.39 is 17.4 Å². The first-order valence-corrected chi connectivity index (χ1v) is 28.2. The maximum atomic E-state index is 13.3. The van der Waals surface area contributed by atoms with Gasteiger partial charge >= 0.3 is 12.0 Å². The number of amides is 7. The van der Waals surface area contributed by atoms with Gasteiger partial charge in [0.2, 0.25) is 29.5 Å². The molecule has 75 heavy (non-hydrogen) atoms. The van der Waals surface area contributed by atoms with E-state index in [1.165, 1.54) is 6.08 Å². The summed E-state index contributed by atoms with van der Waals surface area (Å²) >= 11 is 1.88. The summed E-state index contributed by atoms with van der Waals surface area (Å²) in [5, 5.41) is 31.0. The minimum Gasteiger partial charge on any atom is -0.511 e. The molecule has 2 aliphatic heterocycles. The second-order valence-electron chi connectivity index (χ2n) is 20.0. The lowest BCUT2D eigenvalue weighted by Gasteiger charge is -2.28. The molecule has 1 unspecified atom stereocenters. The normalized spacial score (nSPS) is 18.0. The highest BCUT2D eigenvalue weighted by Gasteiger charge is 2.42. The summed E-state index contributed by atoms with van der Waals surface area (Å²) in [6.45, 7) is 11.4. The summed E-state index contributed by atoms with van der Waals surface area (Å²) in [6.07, 6.45) is 11.0. The van der Waals surface area contributed by atoms with Gasteiger partial charge in [-0.1, -0.05) is 39.3 Å². The molecular formula is C53H87N7O14S. The fourth-order valence-corrected chi connectivity index (χ4v) is 10.3. The Morgan fingerprint density at radius 3 is 1.83 bits per heavy atom. The van der Waals surface area contributed by atoms with E-state index in [1.807, 2.05) is 25.6 Å². The highest BCUT2D eigenvalue weighted by molar-refractivity contribution is 8.00. The molecule has 4 atom stereocenters. The summed E-state index contributed by atoms with van der Waals surface area (Å²) in [4.78, 5) is 111. The summed E-state index contributed by atoms with van der Waals surface area (Å²) in [7, 11) is 0. The Bertz CT molecular complexity index is 1860. The molecule has 2 heterocycles. The van der Waals surface area contributed by atoms with Crippen molar-refractivity contribution in [1.29, 1.82) is 0 Å². The van der Waals surface area contributed by atoms with Crippen LogP contribution in [-0.2, 0) is 57.3 Å². The number of carbonyl (C=O) groups is 9. The predicted molar refractivity (Wildman–Crippen MR) is 283 cm³/mol. The smallest absolute Gasteiger partial charge is 0.315 e. The molecule has 8 N–H and O–H groups in total. The van der Waals surface area contributed by atoms with Gasteiger partial charge in [0.25, 0.3) is 0 Å². The van der Waals surface area contributed by atoms with Crippen LogP contribution >= 0.6 is 11.8 Å². The first kappa shape index (κ1) is 64.2. The van der Waals surface area contributed by atoms with E-state index in [0.29, 0.717) is 135 Å². The molecule has 0 radical (unpaired) electrons. The van der Waals surface area contributed by atoms with Gasteiger partial charge in [0.05, 0.1) is 44.1 Å². The van der Waals surface area contributed by atoms with Crippen LogP contribution in [0.2, 0.25) is 0 Å². The Morgan fingerprint density at radius 1 is 0.653 bits per heavy atom. The van der Waals surface area contributed by atoms with Gasteiger partial charge in [-0.05, 0) is 76.0 Å². The lowest BCUT2D eigenvalue weighted by Crippen LogP contribution is -2.47. The third kappa shape index (κ3) is 28.6. The molecule has 0 spiro atoms. The number of aliphatic hydroxyl groups excluding tert-OH is 1. The number of esters is 1. The van der Waals surface area contributed by atoms with Crippen molar-refractivity contribution in [2.45, 2.75) is 172 Å². The number of thioether (sulfide) groups is 1. The van der Waals surface area contributed by atoms with Crippen LogP contribution in [0.5, 0.6) is 0 Å². The summed E-state index contributed by atoms with van der Waals surface area (Å²) in [6, 6.07) is -0.546. The molecule has 0 aromatic heterocycles. The maximum absolute atomic E-state index is 13.3. The minimum atomic E-state index is -0.867. The van der Waals surface area contributed by atoms with Crippen LogP contribution in [-0.4, -0.2) is 160 Å². The molecule has 3 rings (SSSR count). The summed E-state index contributed by atoms with van der Waals surface area (Å²) in [5.41, 5.74) is -0.536. The van der Waals surface area contributed by atoms with Gasteiger partial charge in [0.15, 0.2) is 11.6 Å². The molecule has 3 fully saturated rings. The van der Waals surface area contributed by atoms with Crippen molar-refractivity contribution in [3.8, 4) is 0 Å². The molecule has 0 bridgehead atoms. The number of rotatable bonds is 42. The Hall–Kier alpha value is -5.06. The lowest BCUT2D eigenvalue weighted by molar-refractivity contribution is -0.142. The Labute approximate surface area is 447 Å². The largest absolute Gasteiger partial charge is 0.511 e. The first-order valence-electron chi connectivity index (χ1n) is 27.1. The molecule has 22 heteroatoms. The standard InChI is InChI=1S/C53H87N7O14S/c1-4-28-74-48(68)21-6-5-12-24-55-46(66)22-23-47(67)58-38(16-11-13-25-54-44(64)19-9-7-17-40(61)49-41(62)35-53(2,3)36-42(49)63)51(69)57-27-15-30-72-32-34-73-33-31-71-29-14-26-56-45(65)20-10-8-18-43-50-39(37-75-43)59-52(70)60-50/h4,38-39,43,50,61H,1,5-37H2,2-3H3,(H,54,64)(H,55,66)(H,56,65)(H,57,69)(H,58,67)(H2,59,60,70)/t38?,39-,43-,50-/m0/s1. The summed E-state index contributed by atoms with van der Waals surface area (Å²) < 4.78 is 21.8. The number of Topliss-reactive ketones (excluding diaryl/α,β-unsaturated/α-hetero) is 2. The van der Waals surface area contributed by atoms with Crippen molar-refractivity contribution < 1.29 is 67.2 Å². The quantitative estimate of drug-likeness (QED) is 0.00814. The molecule has 424 valence electrons. The number of fused-ring (bicyclic) bond motifs is 1. The van der Waals surface area contributed by atoms with Crippen molar-refractivity contribution in [2.24, 2.45) is 5.41 Å². The maximum Gasteiger partial charge on any atom is 0.315 e. The van der Waals surface area contributed by atoms with Crippen LogP contribution < -0.4 is 37.2 Å². The number of hydrogen-bond acceptors (Lipinski definition) is 15. The average molecular weight is 1080 g/mol. The Balaban J connectivity index is 1.24. The highest BCUT2D eigenvalue weighted by atomic mass is 32.2. The molecule has 1 aliphatic carbocycles. The van der Waals surface area contributed by atoms with Crippen molar-refractivity contribution in [1.82, 2.24) is 37.2 Å². The fraction of sp³-hybridized carbons (Fsp3) is 0.755. The van der Waals surface area contributed by atoms with E-state index in [4.69, 9.17) is 18.9 Å². The first-order chi connectivity index (χ1) is 36.1. The van der Waals surface area contributed by atoms with Crippen molar-refractivity contribution in [3.63, 3.8) is 0 Å². The van der Waals surface area contributed by atoms with Gasteiger partial charge in [-0.25, -0.2) is 4.79 Å². The Kier molecular flexibility index (Phi) is 32.2. The third-order valence-electron chi connectivity index (χ3n) is 12.8. The predicted octanol–water partition coefficient (Wildman–Crippen LogP) is 4.06. The summed E-state index contributed by atoms with van der Waals surface area (Å²) in [5.74, 6) is -1.55. The zero-order valence-electron chi connectivity index (χ0n) is 44.6. The molecule has 0 aromatic rings. The lowest BCUT2D eigenvalue weighted by atomic mass is 9.73. The van der Waals surface area contributed by atoms with Crippen LogP contribution in [0, 0.1) is 5.41 Å². The number of carbonyl (C=O) groups excluding carboxylic acids is 9. The minimum absolute atomic E-state index is 0.0337. The van der Waals surface area contributed by atoms with Gasteiger partial charge in [0.1, 0.15) is 18.4 Å². The van der Waals surface area contributed by atoms with E-state index in [0.717, 1.165) is 31.4 Å². The number of hydrogen-bond donors (Lipinski definition) is 8. The number of nitrogens with one attached hydrogen (secondary N) is 7. The molecule has 3 aliphatic rings. The number of unbranched alkanes of at least 4 members (excludes halogenated alkanes) is 5. The van der Waals surface area contributed by atoms with Crippen molar-refractivity contribution in [3.05, 3.63) is 24.0 Å². The number of urea groups is 1. The van der Waals surface area contributed by atoms with Gasteiger partial charge in [-0.2, -0.15) is 11.8 Å². The van der Waals surface area contributed by atoms with Crippen molar-refractivity contribution >= 4 is 64.9 Å². The van der Waals surface area contributed by atoms with Gasteiger partial charge in [0, 0.05) is 102 Å². The van der Waals surface area contributed by atoms with E-state index in [1.54, 1.807) is 0 Å². The van der Waals surface area contributed by atoms with Gasteiger partial charge in [-0.15, -0.1) is 0 Å². The number of aliphatic hydroxyl groups is 1. The second kappa shape index (κ2) is 37.6. The average Bonchev–Trinajstić information content (AvgIpc) is 3.92. The molecule has 2 saturated heterocycles. The molecule has 1 saturated carbocycles. The molecule has 21 nitrogen and oxygen atoms in total. The fourth-order valence-electron chi connectivity index (χ4n) is 8.77. The Morgan fingerprint density at radius 2 is 1.19 bits per heavy atom.